The van der Waals surface area contributed by atoms with Gasteiger partial charge in [0, 0.05) is 41.9 Å². The standard InChI is InChI=1S/C44H55ClN2O10/c1-6-25-21-44-27(19-29(25)41(52)53)18-22(3)10-8-9-11-26-13-14-28-30(43(26,7-2)38(49)34(39(44)50)42(54)57-44)15-12-23(4)37(28)56-33-20-32(48)35(24(5)55-33)47-40(51)36-31(45)16-17-46-36/h8-9,13-14,16-19,23-28,30,32-33,35,37,46,48-49H,6-7,10-12,15,20-21H2,1-5H3,(H,47,51)(H,52,53)/b9-8+,22-18+,38-34?/t23?,24-,25?,26?,27?,28?,30?,32-,33+,35-,37?,43?,44?/m1/s1. The highest BCUT2D eigenvalue weighted by molar-refractivity contribution is 6.33. The fourth-order valence-corrected chi connectivity index (χ4v) is 11.1. The first kappa shape index (κ1) is 41.2. The van der Waals surface area contributed by atoms with E-state index in [1.165, 1.54) is 0 Å². The van der Waals surface area contributed by atoms with E-state index in [1.54, 1.807) is 25.3 Å². The summed E-state index contributed by atoms with van der Waals surface area (Å²) in [5.41, 5.74) is -1.76. The zero-order valence-corrected chi connectivity index (χ0v) is 34.0. The Morgan fingerprint density at radius 1 is 1.12 bits per heavy atom. The van der Waals surface area contributed by atoms with Gasteiger partial charge in [0.1, 0.15) is 17.0 Å². The van der Waals surface area contributed by atoms with Gasteiger partial charge in [0.05, 0.1) is 29.4 Å². The molecule has 0 radical (unpaired) electrons. The van der Waals surface area contributed by atoms with Gasteiger partial charge in [0.2, 0.25) is 5.78 Å². The zero-order valence-electron chi connectivity index (χ0n) is 33.2. The van der Waals surface area contributed by atoms with Crippen molar-refractivity contribution in [2.75, 3.05) is 0 Å². The molecule has 1 spiro atoms. The quantitative estimate of drug-likeness (QED) is 0.110. The third-order valence-electron chi connectivity index (χ3n) is 13.9. The van der Waals surface area contributed by atoms with Crippen LogP contribution in [0.25, 0.3) is 0 Å². The highest BCUT2D eigenvalue weighted by atomic mass is 35.5. The summed E-state index contributed by atoms with van der Waals surface area (Å²) < 4.78 is 19.3. The number of carbonyl (C=O) groups excluding carboxylic acids is 3. The zero-order chi connectivity index (χ0) is 41.0. The normalized spacial score (nSPS) is 40.8. The number of H-pyrrole nitrogens is 1. The highest BCUT2D eigenvalue weighted by Gasteiger charge is 2.63. The first-order chi connectivity index (χ1) is 27.2. The van der Waals surface area contributed by atoms with Gasteiger partial charge in [-0.1, -0.05) is 74.4 Å². The van der Waals surface area contributed by atoms with Gasteiger partial charge in [-0.05, 0) is 82.1 Å². The van der Waals surface area contributed by atoms with E-state index in [0.29, 0.717) is 32.1 Å². The number of aliphatic carboxylic acids is 1. The predicted octanol–water partition coefficient (Wildman–Crippen LogP) is 6.92. The minimum atomic E-state index is -1.68. The topological polar surface area (TPSA) is 184 Å². The largest absolute Gasteiger partial charge is 0.511 e. The first-order valence-electron chi connectivity index (χ1n) is 20.5. The van der Waals surface area contributed by atoms with Gasteiger partial charge in [-0.25, -0.2) is 9.59 Å². The van der Waals surface area contributed by atoms with Crippen LogP contribution in [0.2, 0.25) is 5.02 Å². The number of hydrogen-bond acceptors (Lipinski definition) is 9. The average Bonchev–Trinajstić information content (AvgIpc) is 3.71. The van der Waals surface area contributed by atoms with Gasteiger partial charge in [0.25, 0.3) is 5.91 Å². The number of fused-ring (bicyclic) bond motifs is 4. The Balaban J connectivity index is 1.22. The number of carboxylic acids is 1. The molecule has 1 aromatic heterocycles. The van der Waals surface area contributed by atoms with Crippen molar-refractivity contribution in [1.29, 1.82) is 0 Å². The van der Waals surface area contributed by atoms with Gasteiger partial charge < -0.3 is 39.8 Å². The summed E-state index contributed by atoms with van der Waals surface area (Å²) >= 11 is 6.15. The number of ether oxygens (including phenoxy) is 3. The Hall–Kier alpha value is -3.97. The maximum atomic E-state index is 14.9. The molecule has 5 N–H and O–H groups in total. The van der Waals surface area contributed by atoms with E-state index in [-0.39, 0.29) is 64.1 Å². The number of Topliss-reactive ketones (excluding diaryl/α,β-unsaturated/α-hetero) is 1. The summed E-state index contributed by atoms with van der Waals surface area (Å²) in [6, 6.07) is 0.865. The van der Waals surface area contributed by atoms with Crippen molar-refractivity contribution in [3.05, 3.63) is 81.9 Å². The van der Waals surface area contributed by atoms with E-state index in [0.717, 1.165) is 12.0 Å². The lowest BCUT2D eigenvalue weighted by atomic mass is 9.51. The molecule has 2 bridgehead atoms. The van der Waals surface area contributed by atoms with Crippen molar-refractivity contribution < 1.29 is 48.7 Å². The van der Waals surface area contributed by atoms with Crippen LogP contribution in [0, 0.1) is 40.9 Å². The number of rotatable bonds is 7. The summed E-state index contributed by atoms with van der Waals surface area (Å²) in [5.74, 6) is -5.29. The number of nitrogens with one attached hydrogen (secondary N) is 2. The lowest BCUT2D eigenvalue weighted by molar-refractivity contribution is -0.258. The number of hydrogen-bond donors (Lipinski definition) is 5. The molecule has 2 saturated heterocycles. The second-order valence-electron chi connectivity index (χ2n) is 17.0. The van der Waals surface area contributed by atoms with Gasteiger partial charge in [-0.15, -0.1) is 0 Å². The van der Waals surface area contributed by atoms with Crippen LogP contribution >= 0.6 is 11.6 Å². The summed E-state index contributed by atoms with van der Waals surface area (Å²) in [7, 11) is 0. The molecular weight excluding hydrogens is 752 g/mol. The van der Waals surface area contributed by atoms with Gasteiger partial charge in [-0.2, -0.15) is 0 Å². The monoisotopic (exact) mass is 806 g/mol. The molecule has 4 aliphatic carbocycles. The summed E-state index contributed by atoms with van der Waals surface area (Å²) in [6.45, 7) is 9.64. The van der Waals surface area contributed by atoms with Gasteiger partial charge in [-0.3, -0.25) is 9.59 Å². The molecular formula is C44H55ClN2O10. The number of aromatic amines is 1. The fourth-order valence-electron chi connectivity index (χ4n) is 10.9. The Morgan fingerprint density at radius 3 is 2.56 bits per heavy atom. The van der Waals surface area contributed by atoms with Crippen molar-refractivity contribution in [2.24, 2.45) is 40.9 Å². The molecule has 12 nitrogen and oxygen atoms in total. The highest BCUT2D eigenvalue weighted by Crippen LogP contribution is 2.60. The maximum Gasteiger partial charge on any atom is 0.346 e. The lowest BCUT2D eigenvalue weighted by Crippen LogP contribution is -2.58. The maximum absolute atomic E-state index is 14.9. The molecule has 13 atom stereocenters. The van der Waals surface area contributed by atoms with E-state index in [9.17, 15) is 34.5 Å². The second-order valence-corrected chi connectivity index (χ2v) is 17.4. The van der Waals surface area contributed by atoms with Crippen molar-refractivity contribution in [3.63, 3.8) is 0 Å². The molecule has 0 aromatic carbocycles. The molecule has 9 unspecified atom stereocenters. The number of aliphatic hydroxyl groups is 2. The summed E-state index contributed by atoms with van der Waals surface area (Å²) in [4.78, 5) is 57.2. The van der Waals surface area contributed by atoms with Crippen molar-refractivity contribution in [3.8, 4) is 0 Å². The number of aromatic nitrogens is 1. The van der Waals surface area contributed by atoms with Crippen molar-refractivity contribution >= 4 is 35.2 Å². The van der Waals surface area contributed by atoms with Crippen LogP contribution in [-0.2, 0) is 28.6 Å². The molecule has 1 saturated carbocycles. The number of carboxylic acid groups (broad SMARTS) is 1. The molecule has 13 heteroatoms. The van der Waals surface area contributed by atoms with E-state index in [4.69, 9.17) is 25.8 Å². The van der Waals surface area contributed by atoms with Crippen LogP contribution < -0.4 is 5.32 Å². The summed E-state index contributed by atoms with van der Waals surface area (Å²) in [5, 5.41) is 37.3. The SMILES string of the molecule is CCC1CC23OC(=O)C(=C(O)C4(CC)C(C=CC5C(O[C@H]6C[C@@H](O)[C@H](NC(=O)c7[nH]ccc7Cl)[C@@H](C)O6)C(C)CCC54)C/C=C/C/C(C)=C/C2C=C1C(=O)O)C3=O. The van der Waals surface area contributed by atoms with Crippen molar-refractivity contribution in [1.82, 2.24) is 10.3 Å². The van der Waals surface area contributed by atoms with Crippen LogP contribution in [0.5, 0.6) is 0 Å². The smallest absolute Gasteiger partial charge is 0.346 e. The number of carbonyl (C=O) groups is 4. The molecule has 2 aliphatic heterocycles. The molecule has 1 amide bonds. The average molecular weight is 807 g/mol. The first-order valence-corrected chi connectivity index (χ1v) is 20.8. The third-order valence-corrected chi connectivity index (χ3v) is 14.2. The number of halogens is 1. The van der Waals surface area contributed by atoms with Crippen LogP contribution in [0.4, 0.5) is 0 Å². The summed E-state index contributed by atoms with van der Waals surface area (Å²) in [6.07, 6.45) is 14.1. The number of amides is 1. The van der Waals surface area contributed by atoms with Crippen LogP contribution in [0.1, 0.15) is 96.5 Å². The Morgan fingerprint density at radius 2 is 1.89 bits per heavy atom. The van der Waals surface area contributed by atoms with Gasteiger partial charge in [0.15, 0.2) is 11.9 Å². The fraction of sp³-hybridized carbons (Fsp3) is 0.591. The van der Waals surface area contributed by atoms with Crippen LogP contribution in [0.3, 0.4) is 0 Å². The molecule has 3 fully saturated rings. The van der Waals surface area contributed by atoms with Crippen LogP contribution in [-0.4, -0.2) is 80.2 Å². The minimum absolute atomic E-state index is 0.00508. The Bertz CT molecular complexity index is 1930. The van der Waals surface area contributed by atoms with Crippen molar-refractivity contribution in [2.45, 2.75) is 122 Å². The molecule has 308 valence electrons. The van der Waals surface area contributed by atoms with E-state index in [1.807, 2.05) is 26.8 Å². The number of ketones is 1. The second kappa shape index (κ2) is 16.0. The predicted molar refractivity (Wildman–Crippen MR) is 211 cm³/mol. The molecule has 7 rings (SSSR count). The Kier molecular flexibility index (Phi) is 11.6. The molecule has 57 heavy (non-hydrogen) atoms. The van der Waals surface area contributed by atoms with E-state index < -0.39 is 77.1 Å². The number of esters is 1. The Labute approximate surface area is 338 Å². The molecule has 1 aromatic rings. The van der Waals surface area contributed by atoms with Crippen LogP contribution in [0.15, 0.2) is 71.2 Å². The van der Waals surface area contributed by atoms with Gasteiger partial charge >= 0.3 is 11.9 Å². The molecule has 6 aliphatic rings. The van der Waals surface area contributed by atoms with E-state index in [2.05, 4.69) is 41.5 Å². The number of allylic oxidation sites excluding steroid dienone is 5. The minimum Gasteiger partial charge on any atom is -0.511 e. The van der Waals surface area contributed by atoms with E-state index >= 15 is 0 Å². The number of aliphatic hydroxyl groups excluding tert-OH is 2. The third kappa shape index (κ3) is 7.04. The molecule has 3 heterocycles. The lowest BCUT2D eigenvalue weighted by Gasteiger charge is -2.55.